The molecule has 0 heterocycles. The van der Waals surface area contributed by atoms with Gasteiger partial charge in [0, 0.05) is 0 Å². The number of carbonyl (C=O) groups excluding carboxylic acids is 1. The van der Waals surface area contributed by atoms with Crippen LogP contribution in [0.3, 0.4) is 0 Å². The van der Waals surface area contributed by atoms with Crippen LogP contribution in [0.15, 0.2) is 48.5 Å². The molecule has 20 heavy (non-hydrogen) atoms. The van der Waals surface area contributed by atoms with Crippen LogP contribution in [0.5, 0.6) is 0 Å². The van der Waals surface area contributed by atoms with E-state index < -0.39 is 11.3 Å². The minimum atomic E-state index is -0.808. The van der Waals surface area contributed by atoms with Crippen molar-refractivity contribution in [3.05, 3.63) is 59.9 Å². The molecule has 0 saturated carbocycles. The van der Waals surface area contributed by atoms with Crippen LogP contribution in [0.1, 0.15) is 17.9 Å². The van der Waals surface area contributed by atoms with Gasteiger partial charge in [-0.2, -0.15) is 0 Å². The van der Waals surface area contributed by atoms with Crippen LogP contribution in [0.2, 0.25) is 0 Å². The first-order valence-electron chi connectivity index (χ1n) is 6.28. The Morgan fingerprint density at radius 1 is 1.10 bits per heavy atom. The van der Waals surface area contributed by atoms with E-state index in [2.05, 4.69) is 0 Å². The Morgan fingerprint density at radius 3 is 2.10 bits per heavy atom. The van der Waals surface area contributed by atoms with Crippen molar-refractivity contribution >= 4 is 17.6 Å². The van der Waals surface area contributed by atoms with Crippen molar-refractivity contribution in [1.29, 1.82) is 0 Å². The Morgan fingerprint density at radius 2 is 1.60 bits per heavy atom. The lowest BCUT2D eigenvalue weighted by Gasteiger charge is -2.10. The molecule has 2 nitrogen and oxygen atoms in total. The van der Waals surface area contributed by atoms with Crippen LogP contribution in [-0.2, 0) is 9.53 Å². The van der Waals surface area contributed by atoms with Gasteiger partial charge in [0.25, 0.3) is 0 Å². The highest BCUT2D eigenvalue weighted by Crippen LogP contribution is 2.26. The fourth-order valence-corrected chi connectivity index (χ4v) is 2.05. The van der Waals surface area contributed by atoms with E-state index in [0.717, 1.165) is 11.1 Å². The standard InChI is InChI=1S/C16H14ClFO2/c1-2-20-16(19)15(17)13-5-3-11(4-6-13)12-7-9-14(18)10-8-12/h3-10,15H,2H2,1H3. The van der Waals surface area contributed by atoms with Gasteiger partial charge >= 0.3 is 5.97 Å². The molecule has 0 aliphatic carbocycles. The molecule has 104 valence electrons. The molecule has 0 radical (unpaired) electrons. The number of halogens is 2. The smallest absolute Gasteiger partial charge is 0.328 e. The zero-order valence-electron chi connectivity index (χ0n) is 11.0. The van der Waals surface area contributed by atoms with Gasteiger partial charge in [-0.3, -0.25) is 4.79 Å². The zero-order valence-corrected chi connectivity index (χ0v) is 11.7. The number of esters is 1. The second kappa shape index (κ2) is 6.53. The van der Waals surface area contributed by atoms with Crippen molar-refractivity contribution < 1.29 is 13.9 Å². The molecule has 0 bridgehead atoms. The third-order valence-electron chi connectivity index (χ3n) is 2.87. The van der Waals surface area contributed by atoms with Gasteiger partial charge in [0.1, 0.15) is 5.82 Å². The highest BCUT2D eigenvalue weighted by Gasteiger charge is 2.18. The minimum Gasteiger partial charge on any atom is -0.465 e. The van der Waals surface area contributed by atoms with Gasteiger partial charge < -0.3 is 4.74 Å². The summed E-state index contributed by atoms with van der Waals surface area (Å²) in [6.07, 6.45) is 0. The molecule has 0 N–H and O–H groups in total. The predicted molar refractivity (Wildman–Crippen MR) is 77.1 cm³/mol. The lowest BCUT2D eigenvalue weighted by molar-refractivity contribution is -0.142. The van der Waals surface area contributed by atoms with Crippen LogP contribution in [0.25, 0.3) is 11.1 Å². The Kier molecular flexibility index (Phi) is 4.74. The molecule has 1 unspecified atom stereocenters. The quantitative estimate of drug-likeness (QED) is 0.619. The van der Waals surface area contributed by atoms with Gasteiger partial charge in [-0.05, 0) is 35.7 Å². The number of carbonyl (C=O) groups is 1. The second-order valence-corrected chi connectivity index (χ2v) is 4.68. The number of ether oxygens (including phenoxy) is 1. The van der Waals surface area contributed by atoms with Crippen molar-refractivity contribution in [3.63, 3.8) is 0 Å². The van der Waals surface area contributed by atoms with Crippen molar-refractivity contribution in [2.45, 2.75) is 12.3 Å². The van der Waals surface area contributed by atoms with Crippen LogP contribution in [0.4, 0.5) is 4.39 Å². The number of hydrogen-bond donors (Lipinski definition) is 0. The number of alkyl halides is 1. The van der Waals surface area contributed by atoms with E-state index in [1.54, 1.807) is 31.2 Å². The van der Waals surface area contributed by atoms with E-state index in [1.807, 2.05) is 12.1 Å². The molecule has 2 aromatic carbocycles. The third-order valence-corrected chi connectivity index (χ3v) is 3.30. The molecule has 4 heteroatoms. The Labute approximate surface area is 122 Å². The lowest BCUT2D eigenvalue weighted by atomic mass is 10.0. The molecule has 1 atom stereocenters. The van der Waals surface area contributed by atoms with Crippen LogP contribution in [-0.4, -0.2) is 12.6 Å². The highest BCUT2D eigenvalue weighted by atomic mass is 35.5. The molecule has 0 amide bonds. The molecular formula is C16H14ClFO2. The number of benzene rings is 2. The summed E-state index contributed by atoms with van der Waals surface area (Å²) in [6, 6.07) is 13.5. The predicted octanol–water partition coefficient (Wildman–Crippen LogP) is 4.34. The monoisotopic (exact) mass is 292 g/mol. The summed E-state index contributed by atoms with van der Waals surface area (Å²) in [4.78, 5) is 11.5. The van der Waals surface area contributed by atoms with Gasteiger partial charge in [-0.1, -0.05) is 36.4 Å². The largest absolute Gasteiger partial charge is 0.465 e. The third kappa shape index (κ3) is 3.36. The summed E-state index contributed by atoms with van der Waals surface area (Å²) in [5.74, 6) is -0.725. The van der Waals surface area contributed by atoms with E-state index in [-0.39, 0.29) is 5.82 Å². The molecule has 0 spiro atoms. The molecule has 0 aromatic heterocycles. The van der Waals surface area contributed by atoms with Crippen LogP contribution >= 0.6 is 11.6 Å². The van der Waals surface area contributed by atoms with Gasteiger partial charge in [-0.25, -0.2) is 4.39 Å². The van der Waals surface area contributed by atoms with Gasteiger partial charge in [0.15, 0.2) is 5.38 Å². The van der Waals surface area contributed by atoms with Crippen LogP contribution < -0.4 is 0 Å². The van der Waals surface area contributed by atoms with Gasteiger partial charge in [0.2, 0.25) is 0 Å². The number of rotatable bonds is 4. The van der Waals surface area contributed by atoms with Crippen molar-refractivity contribution in [2.75, 3.05) is 6.61 Å². The lowest BCUT2D eigenvalue weighted by Crippen LogP contribution is -2.10. The molecular weight excluding hydrogens is 279 g/mol. The van der Waals surface area contributed by atoms with E-state index in [9.17, 15) is 9.18 Å². The summed E-state index contributed by atoms with van der Waals surface area (Å²) in [6.45, 7) is 2.04. The van der Waals surface area contributed by atoms with E-state index >= 15 is 0 Å². The van der Waals surface area contributed by atoms with Crippen molar-refractivity contribution in [2.24, 2.45) is 0 Å². The van der Waals surface area contributed by atoms with Crippen molar-refractivity contribution in [1.82, 2.24) is 0 Å². The maximum Gasteiger partial charge on any atom is 0.328 e. The zero-order chi connectivity index (χ0) is 14.5. The molecule has 2 rings (SSSR count). The van der Waals surface area contributed by atoms with E-state index in [4.69, 9.17) is 16.3 Å². The Bertz CT molecular complexity index is 578. The van der Waals surface area contributed by atoms with Gasteiger partial charge in [0.05, 0.1) is 6.61 Å². The molecule has 0 aliphatic rings. The fourth-order valence-electron chi connectivity index (χ4n) is 1.84. The summed E-state index contributed by atoms with van der Waals surface area (Å²) < 4.78 is 17.7. The minimum absolute atomic E-state index is 0.270. The SMILES string of the molecule is CCOC(=O)C(Cl)c1ccc(-c2ccc(F)cc2)cc1. The average Bonchev–Trinajstić information content (AvgIpc) is 2.48. The maximum absolute atomic E-state index is 12.9. The number of hydrogen-bond acceptors (Lipinski definition) is 2. The Hall–Kier alpha value is -1.87. The Balaban J connectivity index is 2.17. The molecule has 0 aliphatic heterocycles. The highest BCUT2D eigenvalue weighted by molar-refractivity contribution is 6.29. The second-order valence-electron chi connectivity index (χ2n) is 4.24. The average molecular weight is 293 g/mol. The summed E-state index contributed by atoms with van der Waals surface area (Å²) in [5, 5.41) is -0.808. The fraction of sp³-hybridized carbons (Fsp3) is 0.188. The van der Waals surface area contributed by atoms with Crippen LogP contribution in [0, 0.1) is 5.82 Å². The molecule has 2 aromatic rings. The normalized spacial score (nSPS) is 11.9. The summed E-state index contributed by atoms with van der Waals surface area (Å²) >= 11 is 6.03. The van der Waals surface area contributed by atoms with Crippen molar-refractivity contribution in [3.8, 4) is 11.1 Å². The summed E-state index contributed by atoms with van der Waals surface area (Å²) in [5.41, 5.74) is 2.51. The van der Waals surface area contributed by atoms with Gasteiger partial charge in [-0.15, -0.1) is 11.6 Å². The van der Waals surface area contributed by atoms with E-state index in [1.165, 1.54) is 12.1 Å². The summed E-state index contributed by atoms with van der Waals surface area (Å²) in [7, 11) is 0. The first-order valence-corrected chi connectivity index (χ1v) is 6.72. The maximum atomic E-state index is 12.9. The topological polar surface area (TPSA) is 26.3 Å². The molecule has 0 fully saturated rings. The first-order chi connectivity index (χ1) is 9.61. The van der Waals surface area contributed by atoms with E-state index in [0.29, 0.717) is 12.2 Å². The first kappa shape index (κ1) is 14.5. The molecule has 0 saturated heterocycles.